The Morgan fingerprint density at radius 3 is 2.26 bits per heavy atom. The molecule has 2 aromatic rings. The molecule has 0 fully saturated rings. The van der Waals surface area contributed by atoms with Crippen LogP contribution in [-0.4, -0.2) is 72.7 Å². The standard InChI is InChI=1S/C27H41N3O4/c1-7-34-18-9-16-30(26(32)22-11-13-23(14-12-22)27(2,3)4)21-25(31)29(17-19-33-6)20-24-10-8-15-28(24)5/h8,10-15H,7,9,16-21H2,1-6H3. The van der Waals surface area contributed by atoms with Crippen LogP contribution in [-0.2, 0) is 33.3 Å². The predicted molar refractivity (Wildman–Crippen MR) is 135 cm³/mol. The average molecular weight is 472 g/mol. The van der Waals surface area contributed by atoms with E-state index in [2.05, 4.69) is 20.8 Å². The van der Waals surface area contributed by atoms with Gasteiger partial charge in [0.1, 0.15) is 6.54 Å². The fraction of sp³-hybridized carbons (Fsp3) is 0.556. The monoisotopic (exact) mass is 471 g/mol. The Balaban J connectivity index is 2.19. The summed E-state index contributed by atoms with van der Waals surface area (Å²) >= 11 is 0. The SMILES string of the molecule is CCOCCCN(CC(=O)N(CCOC)Cc1cccn1C)C(=O)c1ccc(C(C)(C)C)cc1. The molecule has 1 aromatic heterocycles. The number of rotatable bonds is 13. The van der Waals surface area contributed by atoms with Crippen LogP contribution < -0.4 is 0 Å². The third-order valence-corrected chi connectivity index (χ3v) is 5.85. The highest BCUT2D eigenvalue weighted by atomic mass is 16.5. The quantitative estimate of drug-likeness (QED) is 0.416. The summed E-state index contributed by atoms with van der Waals surface area (Å²) in [6.07, 6.45) is 2.63. The molecule has 0 atom stereocenters. The second kappa shape index (κ2) is 13.3. The van der Waals surface area contributed by atoms with Gasteiger partial charge in [-0.2, -0.15) is 0 Å². The van der Waals surface area contributed by atoms with Crippen molar-refractivity contribution >= 4 is 11.8 Å². The minimum atomic E-state index is -0.143. The molecule has 1 heterocycles. The van der Waals surface area contributed by atoms with Crippen LogP contribution >= 0.6 is 0 Å². The molecule has 0 saturated heterocycles. The highest BCUT2D eigenvalue weighted by Crippen LogP contribution is 2.22. The Kier molecular flexibility index (Phi) is 10.8. The second-order valence-electron chi connectivity index (χ2n) is 9.52. The molecule has 188 valence electrons. The van der Waals surface area contributed by atoms with E-state index in [9.17, 15) is 9.59 Å². The highest BCUT2D eigenvalue weighted by Gasteiger charge is 2.23. The van der Waals surface area contributed by atoms with E-state index >= 15 is 0 Å². The molecule has 7 nitrogen and oxygen atoms in total. The van der Waals surface area contributed by atoms with Crippen LogP contribution in [0.4, 0.5) is 0 Å². The number of hydrogen-bond acceptors (Lipinski definition) is 4. The molecule has 0 aliphatic carbocycles. The number of aryl methyl sites for hydroxylation is 1. The normalized spacial score (nSPS) is 11.5. The number of ether oxygens (including phenoxy) is 2. The number of amides is 2. The summed E-state index contributed by atoms with van der Waals surface area (Å²) in [6.45, 7) is 11.4. The Morgan fingerprint density at radius 1 is 1.00 bits per heavy atom. The van der Waals surface area contributed by atoms with Gasteiger partial charge in [0.05, 0.1) is 13.2 Å². The first kappa shape index (κ1) is 27.6. The highest BCUT2D eigenvalue weighted by molar-refractivity contribution is 5.96. The van der Waals surface area contributed by atoms with Crippen molar-refractivity contribution < 1.29 is 19.1 Å². The smallest absolute Gasteiger partial charge is 0.254 e. The summed E-state index contributed by atoms with van der Waals surface area (Å²) in [7, 11) is 3.58. The number of benzene rings is 1. The largest absolute Gasteiger partial charge is 0.383 e. The van der Waals surface area contributed by atoms with E-state index in [0.29, 0.717) is 51.4 Å². The molecule has 0 bridgehead atoms. The van der Waals surface area contributed by atoms with Crippen molar-refractivity contribution in [2.45, 2.75) is 46.1 Å². The molecule has 7 heteroatoms. The van der Waals surface area contributed by atoms with Gasteiger partial charge in [-0.3, -0.25) is 9.59 Å². The zero-order valence-corrected chi connectivity index (χ0v) is 21.7. The van der Waals surface area contributed by atoms with Crippen molar-refractivity contribution in [1.82, 2.24) is 14.4 Å². The van der Waals surface area contributed by atoms with Crippen molar-refractivity contribution in [3.8, 4) is 0 Å². The summed E-state index contributed by atoms with van der Waals surface area (Å²) in [5, 5.41) is 0. The van der Waals surface area contributed by atoms with Crippen molar-refractivity contribution in [2.75, 3.05) is 46.6 Å². The van der Waals surface area contributed by atoms with Gasteiger partial charge in [-0.05, 0) is 48.6 Å². The number of aromatic nitrogens is 1. The molecule has 0 spiro atoms. The number of methoxy groups -OCH3 is 1. The van der Waals surface area contributed by atoms with E-state index in [-0.39, 0.29) is 23.8 Å². The Bertz CT molecular complexity index is 899. The molecule has 0 aliphatic heterocycles. The van der Waals surface area contributed by atoms with Crippen molar-refractivity contribution in [3.63, 3.8) is 0 Å². The average Bonchev–Trinajstić information content (AvgIpc) is 3.21. The Labute approximate surface area is 204 Å². The minimum absolute atomic E-state index is 0.00745. The molecule has 2 rings (SSSR count). The fourth-order valence-electron chi connectivity index (χ4n) is 3.66. The van der Waals surface area contributed by atoms with Gasteiger partial charge in [0.15, 0.2) is 0 Å². The lowest BCUT2D eigenvalue weighted by molar-refractivity contribution is -0.133. The van der Waals surface area contributed by atoms with E-state index in [1.807, 2.05) is 61.1 Å². The topological polar surface area (TPSA) is 64.0 Å². The van der Waals surface area contributed by atoms with E-state index in [0.717, 1.165) is 11.3 Å². The zero-order valence-electron chi connectivity index (χ0n) is 21.7. The number of carbonyl (C=O) groups is 2. The first-order valence-electron chi connectivity index (χ1n) is 12.0. The molecule has 1 aromatic carbocycles. The molecule has 0 aliphatic rings. The maximum absolute atomic E-state index is 13.4. The van der Waals surface area contributed by atoms with Crippen LogP contribution in [0.2, 0.25) is 0 Å². The zero-order chi connectivity index (χ0) is 25.1. The molecule has 2 amide bonds. The minimum Gasteiger partial charge on any atom is -0.383 e. The maximum atomic E-state index is 13.4. The first-order chi connectivity index (χ1) is 16.2. The molecule has 0 N–H and O–H groups in total. The molecular weight excluding hydrogens is 430 g/mol. The maximum Gasteiger partial charge on any atom is 0.254 e. The van der Waals surface area contributed by atoms with Crippen LogP contribution in [0.15, 0.2) is 42.6 Å². The third kappa shape index (κ3) is 8.29. The van der Waals surface area contributed by atoms with Gasteiger partial charge in [-0.25, -0.2) is 0 Å². The van der Waals surface area contributed by atoms with Crippen molar-refractivity contribution in [1.29, 1.82) is 0 Å². The lowest BCUT2D eigenvalue weighted by Gasteiger charge is -2.28. The second-order valence-corrected chi connectivity index (χ2v) is 9.52. The number of nitrogens with zero attached hydrogens (tertiary/aromatic N) is 3. The van der Waals surface area contributed by atoms with Crippen LogP contribution in [0.25, 0.3) is 0 Å². The summed E-state index contributed by atoms with van der Waals surface area (Å²) in [6, 6.07) is 11.7. The summed E-state index contributed by atoms with van der Waals surface area (Å²) in [5.41, 5.74) is 2.78. The van der Waals surface area contributed by atoms with Gasteiger partial charge in [-0.1, -0.05) is 32.9 Å². The van der Waals surface area contributed by atoms with Gasteiger partial charge in [0.25, 0.3) is 5.91 Å². The predicted octanol–water partition coefficient (Wildman–Crippen LogP) is 3.87. The van der Waals surface area contributed by atoms with Crippen molar-refractivity contribution in [2.24, 2.45) is 7.05 Å². The summed E-state index contributed by atoms with van der Waals surface area (Å²) in [5.74, 6) is -0.245. The Hall–Kier alpha value is -2.64. The lowest BCUT2D eigenvalue weighted by atomic mass is 9.86. The van der Waals surface area contributed by atoms with Gasteiger partial charge in [0, 0.05) is 57.9 Å². The fourth-order valence-corrected chi connectivity index (χ4v) is 3.66. The molecular formula is C27H41N3O4. The molecule has 0 unspecified atom stereocenters. The van der Waals surface area contributed by atoms with Crippen molar-refractivity contribution in [3.05, 3.63) is 59.4 Å². The van der Waals surface area contributed by atoms with E-state index < -0.39 is 0 Å². The summed E-state index contributed by atoms with van der Waals surface area (Å²) < 4.78 is 12.7. The van der Waals surface area contributed by atoms with Crippen LogP contribution in [0.1, 0.15) is 55.7 Å². The first-order valence-corrected chi connectivity index (χ1v) is 12.0. The van der Waals surface area contributed by atoms with Crippen LogP contribution in [0, 0.1) is 0 Å². The van der Waals surface area contributed by atoms with E-state index in [1.54, 1.807) is 16.9 Å². The van der Waals surface area contributed by atoms with E-state index in [4.69, 9.17) is 9.47 Å². The Morgan fingerprint density at radius 2 is 1.71 bits per heavy atom. The van der Waals surface area contributed by atoms with Gasteiger partial charge >= 0.3 is 0 Å². The van der Waals surface area contributed by atoms with Crippen LogP contribution in [0.3, 0.4) is 0 Å². The lowest BCUT2D eigenvalue weighted by Crippen LogP contribution is -2.44. The third-order valence-electron chi connectivity index (χ3n) is 5.85. The van der Waals surface area contributed by atoms with Gasteiger partial charge < -0.3 is 23.8 Å². The molecule has 34 heavy (non-hydrogen) atoms. The molecule has 0 saturated carbocycles. The van der Waals surface area contributed by atoms with Crippen LogP contribution in [0.5, 0.6) is 0 Å². The van der Waals surface area contributed by atoms with E-state index in [1.165, 1.54) is 0 Å². The molecule has 0 radical (unpaired) electrons. The summed E-state index contributed by atoms with van der Waals surface area (Å²) in [4.78, 5) is 30.1. The number of carbonyl (C=O) groups excluding carboxylic acids is 2. The van der Waals surface area contributed by atoms with Gasteiger partial charge in [-0.15, -0.1) is 0 Å². The van der Waals surface area contributed by atoms with Gasteiger partial charge in [0.2, 0.25) is 5.91 Å². The number of hydrogen-bond donors (Lipinski definition) is 0.